The fraction of sp³-hybridized carbons (Fsp3) is 0.125. The Morgan fingerprint density at radius 1 is 0.618 bits per heavy atom. The number of furan rings is 1. The number of hydrogen-bond acceptors (Lipinski definition) is 5. The van der Waals surface area contributed by atoms with Crippen LogP contribution in [0.1, 0.15) is 50.7 Å². The van der Waals surface area contributed by atoms with Crippen LogP contribution >= 0.6 is 0 Å². The minimum Gasteiger partial charge on any atom is -0.500 e. The first-order chi connectivity index (χ1) is 26.4. The van der Waals surface area contributed by atoms with Crippen LogP contribution in [-0.2, 0) is 20.1 Å². The zero-order valence-corrected chi connectivity index (χ0v) is 33.2. The summed E-state index contributed by atoms with van der Waals surface area (Å²) in [5.41, 5.74) is 10.0. The Hall–Kier alpha value is -6.01. The van der Waals surface area contributed by atoms with Crippen LogP contribution < -0.4 is 9.47 Å². The molecule has 1 radical (unpaired) electrons. The molecule has 9 aromatic rings. The Morgan fingerprint density at radius 3 is 2.00 bits per heavy atom. The minimum absolute atomic E-state index is 0. The number of para-hydroxylation sites is 5. The van der Waals surface area contributed by atoms with Crippen molar-refractivity contribution in [2.24, 2.45) is 0 Å². The molecule has 55 heavy (non-hydrogen) atoms. The molecule has 0 aliphatic carbocycles. The molecule has 4 heterocycles. The van der Waals surface area contributed by atoms with Gasteiger partial charge in [0, 0.05) is 43.4 Å². The van der Waals surface area contributed by atoms with Crippen LogP contribution in [0, 0.1) is 12.1 Å². The molecule has 3 aromatic heterocycles. The van der Waals surface area contributed by atoms with Gasteiger partial charge in [0.25, 0.3) is 0 Å². The Balaban J connectivity index is 0.000000280. The third-order valence-corrected chi connectivity index (χ3v) is 9.79. The van der Waals surface area contributed by atoms with Crippen molar-refractivity contribution < 1.29 is 34.0 Å². The van der Waals surface area contributed by atoms with E-state index in [2.05, 4.69) is 85.8 Å². The van der Waals surface area contributed by atoms with Gasteiger partial charge >= 0.3 is 0 Å². The van der Waals surface area contributed by atoms with Crippen molar-refractivity contribution in [1.29, 1.82) is 0 Å². The van der Waals surface area contributed by atoms with Crippen molar-refractivity contribution in [3.63, 3.8) is 0 Å². The third-order valence-electron chi connectivity index (χ3n) is 9.79. The molecular weight excluding hydrogens is 859 g/mol. The Morgan fingerprint density at radius 2 is 1.31 bits per heavy atom. The molecule has 0 amide bonds. The van der Waals surface area contributed by atoms with Crippen molar-refractivity contribution in [1.82, 2.24) is 14.5 Å². The van der Waals surface area contributed by atoms with Gasteiger partial charge in [-0.2, -0.15) is 0 Å². The second-order valence-corrected chi connectivity index (χ2v) is 14.0. The molecule has 0 atom stereocenters. The second-order valence-electron chi connectivity index (χ2n) is 14.0. The number of aromatic nitrogens is 3. The molecule has 0 saturated carbocycles. The number of imidazole rings is 1. The molecule has 0 spiro atoms. The first-order valence-corrected chi connectivity index (χ1v) is 18.3. The van der Waals surface area contributed by atoms with E-state index < -0.39 is 0 Å². The van der Waals surface area contributed by atoms with E-state index in [1.54, 1.807) is 6.20 Å². The predicted molar refractivity (Wildman–Crippen MR) is 216 cm³/mol. The van der Waals surface area contributed by atoms with E-state index in [1.807, 2.05) is 97.1 Å². The molecule has 7 heteroatoms. The van der Waals surface area contributed by atoms with Gasteiger partial charge in [-0.3, -0.25) is 4.98 Å². The summed E-state index contributed by atoms with van der Waals surface area (Å²) < 4.78 is 21.3. The van der Waals surface area contributed by atoms with E-state index in [9.17, 15) is 0 Å². The van der Waals surface area contributed by atoms with Gasteiger partial charge < -0.3 is 23.4 Å². The summed E-state index contributed by atoms with van der Waals surface area (Å²) in [6, 6.07) is 50.9. The zero-order valence-electron chi connectivity index (χ0n) is 30.8. The number of hydrogen-bond donors (Lipinski definition) is 0. The predicted octanol–water partition coefficient (Wildman–Crippen LogP) is 13.1. The number of ether oxygens (including phenoxy) is 2. The molecule has 0 unspecified atom stereocenters. The molecule has 1 aliphatic heterocycles. The largest absolute Gasteiger partial charge is 0.500 e. The molecule has 0 bridgehead atoms. The molecule has 0 N–H and O–H groups in total. The van der Waals surface area contributed by atoms with Gasteiger partial charge in [-0.15, -0.1) is 54.1 Å². The van der Waals surface area contributed by atoms with E-state index in [4.69, 9.17) is 18.9 Å². The Bertz CT molecular complexity index is 2720. The number of pyridine rings is 1. The van der Waals surface area contributed by atoms with Gasteiger partial charge in [-0.25, -0.2) is 0 Å². The number of nitrogens with zero attached hydrogens (tertiary/aromatic N) is 3. The van der Waals surface area contributed by atoms with E-state index in [-0.39, 0.29) is 20.1 Å². The summed E-state index contributed by atoms with van der Waals surface area (Å²) in [4.78, 5) is 9.43. The average Bonchev–Trinajstić information content (AvgIpc) is 3.78. The smallest absolute Gasteiger partial charge is 0.173 e. The van der Waals surface area contributed by atoms with Gasteiger partial charge in [0.2, 0.25) is 0 Å². The van der Waals surface area contributed by atoms with Crippen LogP contribution in [0.2, 0.25) is 0 Å². The summed E-state index contributed by atoms with van der Waals surface area (Å²) in [6.45, 7) is 8.99. The normalized spacial score (nSPS) is 11.7. The van der Waals surface area contributed by atoms with Crippen molar-refractivity contribution in [2.45, 2.75) is 39.5 Å². The first-order valence-electron chi connectivity index (χ1n) is 18.3. The van der Waals surface area contributed by atoms with Crippen LogP contribution in [-0.4, -0.2) is 14.5 Å². The topological polar surface area (TPSA) is 62.3 Å². The van der Waals surface area contributed by atoms with Crippen LogP contribution in [0.25, 0.3) is 61.3 Å². The maximum atomic E-state index is 6.61. The number of rotatable bonds is 5. The fourth-order valence-electron chi connectivity index (χ4n) is 7.19. The minimum atomic E-state index is 0. The third kappa shape index (κ3) is 6.60. The summed E-state index contributed by atoms with van der Waals surface area (Å²) >= 11 is 0. The Kier molecular flexibility index (Phi) is 9.83. The van der Waals surface area contributed by atoms with Crippen LogP contribution in [0.5, 0.6) is 23.0 Å². The molecule has 10 rings (SSSR count). The molecular formula is C48H37IrN3O3-2. The molecule has 1 aliphatic rings. The van der Waals surface area contributed by atoms with Gasteiger partial charge in [0.05, 0.1) is 22.4 Å². The van der Waals surface area contributed by atoms with Gasteiger partial charge in [-0.1, -0.05) is 93.2 Å². The zero-order chi connectivity index (χ0) is 36.8. The summed E-state index contributed by atoms with van der Waals surface area (Å²) in [6.07, 6.45) is 1.79. The second kappa shape index (κ2) is 15.0. The molecule has 0 saturated heterocycles. The standard InChI is InChI=1S/C37H29N2O3.C11H8N.Ir/c1-21(2)23-11-9-12-24(22(3)4)35(23)39-29-16-6-5-15-28(29)38-37(39)26-14-10-13-25-27-19-33-34(20-32(27)42-36(25)26)41-31-18-8-7-17-30(31)40-33;1-2-6-10(7-3-1)11-8-4-5-9-12-11;/h5-13,15-22H,1-4H3;1-6,8-9H;/q2*-1;. The SMILES string of the molecule is CC(C)c1cccc(C(C)C)c1-n1c(-c2[c-]ccc3c2oc2cc4c(cc23)Oc2ccccc2O4)nc2ccccc21.[Ir].[c-]1ccccc1-c1ccccn1. The molecule has 6 aromatic carbocycles. The van der Waals surface area contributed by atoms with Gasteiger partial charge in [0.1, 0.15) is 5.58 Å². The molecule has 0 fully saturated rings. The van der Waals surface area contributed by atoms with Crippen molar-refractivity contribution in [3.8, 4) is 51.3 Å². The van der Waals surface area contributed by atoms with E-state index in [0.29, 0.717) is 34.8 Å². The van der Waals surface area contributed by atoms with Crippen LogP contribution in [0.4, 0.5) is 0 Å². The van der Waals surface area contributed by atoms with Crippen LogP contribution in [0.15, 0.2) is 144 Å². The monoisotopic (exact) mass is 896 g/mol. The van der Waals surface area contributed by atoms with E-state index in [0.717, 1.165) is 55.6 Å². The van der Waals surface area contributed by atoms with Crippen LogP contribution in [0.3, 0.4) is 0 Å². The van der Waals surface area contributed by atoms with Gasteiger partial charge in [0.15, 0.2) is 23.0 Å². The van der Waals surface area contributed by atoms with Gasteiger partial charge in [-0.05, 0) is 65.1 Å². The number of fused-ring (bicyclic) bond motifs is 6. The average molecular weight is 896 g/mol. The summed E-state index contributed by atoms with van der Waals surface area (Å²) in [7, 11) is 0. The van der Waals surface area contributed by atoms with Crippen molar-refractivity contribution in [3.05, 3.63) is 163 Å². The number of benzene rings is 6. The quantitative estimate of drug-likeness (QED) is 0.161. The maximum absolute atomic E-state index is 6.61. The summed E-state index contributed by atoms with van der Waals surface area (Å²) in [5.74, 6) is 4.14. The maximum Gasteiger partial charge on any atom is 0.173 e. The first kappa shape index (κ1) is 36.0. The molecule has 273 valence electrons. The molecule has 6 nitrogen and oxygen atoms in total. The Labute approximate surface area is 333 Å². The fourth-order valence-corrected chi connectivity index (χ4v) is 7.19. The van der Waals surface area contributed by atoms with E-state index >= 15 is 0 Å². The van der Waals surface area contributed by atoms with E-state index in [1.165, 1.54) is 16.8 Å². The summed E-state index contributed by atoms with van der Waals surface area (Å²) in [5, 5.41) is 1.93. The van der Waals surface area contributed by atoms with Crippen molar-refractivity contribution in [2.75, 3.05) is 0 Å². The van der Waals surface area contributed by atoms with Crippen molar-refractivity contribution >= 4 is 33.0 Å².